The number of carbonyl (C=O) groups is 2. The summed E-state index contributed by atoms with van der Waals surface area (Å²) in [4.78, 5) is 38.4. The van der Waals surface area contributed by atoms with Crippen molar-refractivity contribution in [3.63, 3.8) is 0 Å². The second-order valence-electron chi connectivity index (χ2n) is 7.44. The average molecular weight is 438 g/mol. The van der Waals surface area contributed by atoms with E-state index in [0.29, 0.717) is 18.5 Å². The number of nitrogens with one attached hydrogen (secondary N) is 2. The van der Waals surface area contributed by atoms with E-state index in [-0.39, 0.29) is 11.8 Å². The highest BCUT2D eigenvalue weighted by atomic mass is 16.2. The van der Waals surface area contributed by atoms with Gasteiger partial charge in [0.25, 0.3) is 5.91 Å². The van der Waals surface area contributed by atoms with Crippen molar-refractivity contribution in [2.45, 2.75) is 19.0 Å². The molecular formula is C26H23N5O2. The van der Waals surface area contributed by atoms with Gasteiger partial charge in [-0.15, -0.1) is 0 Å². The maximum absolute atomic E-state index is 13.0. The Labute approximate surface area is 192 Å². The largest absolute Gasteiger partial charge is 0.350 e. The fraction of sp³-hybridized carbons (Fsp3) is 0.115. The van der Waals surface area contributed by atoms with Crippen molar-refractivity contribution in [2.24, 2.45) is 0 Å². The number of hydrogen-bond donors (Lipinski definition) is 2. The number of hydrogen-bond acceptors (Lipinski definition) is 5. The summed E-state index contributed by atoms with van der Waals surface area (Å²) in [6.45, 7) is 0.294. The smallest absolute Gasteiger partial charge is 0.251 e. The van der Waals surface area contributed by atoms with Gasteiger partial charge >= 0.3 is 0 Å². The van der Waals surface area contributed by atoms with Crippen molar-refractivity contribution in [3.05, 3.63) is 114 Å². The van der Waals surface area contributed by atoms with Gasteiger partial charge in [0, 0.05) is 43.3 Å². The number of aromatic nitrogens is 3. The van der Waals surface area contributed by atoms with Gasteiger partial charge in [0.15, 0.2) is 0 Å². The molecule has 0 spiro atoms. The van der Waals surface area contributed by atoms with Gasteiger partial charge in [-0.05, 0) is 53.6 Å². The molecule has 4 rings (SSSR count). The van der Waals surface area contributed by atoms with Crippen LogP contribution in [0, 0.1) is 0 Å². The predicted octanol–water partition coefficient (Wildman–Crippen LogP) is 3.20. The van der Waals surface area contributed by atoms with Gasteiger partial charge in [-0.2, -0.15) is 0 Å². The lowest BCUT2D eigenvalue weighted by atomic mass is 10.1. The van der Waals surface area contributed by atoms with Crippen LogP contribution in [0.2, 0.25) is 0 Å². The number of amides is 2. The third-order valence-electron chi connectivity index (χ3n) is 5.07. The lowest BCUT2D eigenvalue weighted by Gasteiger charge is -2.19. The first-order valence-corrected chi connectivity index (χ1v) is 10.6. The van der Waals surface area contributed by atoms with Crippen LogP contribution in [-0.4, -0.2) is 32.8 Å². The monoisotopic (exact) mass is 437 g/mol. The topological polar surface area (TPSA) is 96.9 Å². The van der Waals surface area contributed by atoms with Crippen LogP contribution in [0.15, 0.2) is 97.6 Å². The highest BCUT2D eigenvalue weighted by Gasteiger charge is 2.22. The Morgan fingerprint density at radius 2 is 1.52 bits per heavy atom. The van der Waals surface area contributed by atoms with Crippen molar-refractivity contribution in [1.29, 1.82) is 0 Å². The molecule has 0 saturated heterocycles. The van der Waals surface area contributed by atoms with E-state index >= 15 is 0 Å². The van der Waals surface area contributed by atoms with Crippen LogP contribution in [0.4, 0.5) is 0 Å². The zero-order valence-corrected chi connectivity index (χ0v) is 17.9. The highest BCUT2D eigenvalue weighted by Crippen LogP contribution is 2.13. The van der Waals surface area contributed by atoms with Gasteiger partial charge in [-0.1, -0.05) is 30.3 Å². The van der Waals surface area contributed by atoms with Gasteiger partial charge < -0.3 is 10.6 Å². The first-order valence-electron chi connectivity index (χ1n) is 10.6. The SMILES string of the molecule is O=C(N[C@@H](Cc1ccncc1)C(=O)NCc1ccc(-c2ccccn2)nc1)c1ccccc1. The molecule has 0 bridgehead atoms. The molecule has 0 radical (unpaired) electrons. The molecular weight excluding hydrogens is 414 g/mol. The number of nitrogens with zero attached hydrogens (tertiary/aromatic N) is 3. The zero-order valence-electron chi connectivity index (χ0n) is 17.9. The summed E-state index contributed by atoms with van der Waals surface area (Å²) in [7, 11) is 0. The van der Waals surface area contributed by atoms with Gasteiger partial charge in [0.1, 0.15) is 6.04 Å². The molecule has 33 heavy (non-hydrogen) atoms. The Hall–Kier alpha value is -4.39. The summed E-state index contributed by atoms with van der Waals surface area (Å²) >= 11 is 0. The molecule has 164 valence electrons. The maximum Gasteiger partial charge on any atom is 0.251 e. The minimum absolute atomic E-state index is 0.273. The predicted molar refractivity (Wildman–Crippen MR) is 125 cm³/mol. The quantitative estimate of drug-likeness (QED) is 0.441. The summed E-state index contributed by atoms with van der Waals surface area (Å²) in [6.07, 6.45) is 7.11. The average Bonchev–Trinajstić information content (AvgIpc) is 2.89. The fourth-order valence-electron chi connectivity index (χ4n) is 3.30. The number of rotatable bonds is 8. The van der Waals surface area contributed by atoms with E-state index in [2.05, 4.69) is 25.6 Å². The Morgan fingerprint density at radius 3 is 2.21 bits per heavy atom. The Bertz CT molecular complexity index is 1180. The molecule has 3 aromatic heterocycles. The fourth-order valence-corrected chi connectivity index (χ4v) is 3.30. The molecule has 0 aliphatic rings. The minimum Gasteiger partial charge on any atom is -0.350 e. The maximum atomic E-state index is 13.0. The summed E-state index contributed by atoms with van der Waals surface area (Å²) < 4.78 is 0. The summed E-state index contributed by atoms with van der Waals surface area (Å²) in [6, 6.07) is 21.2. The molecule has 2 N–H and O–H groups in total. The lowest BCUT2D eigenvalue weighted by Crippen LogP contribution is -2.47. The van der Waals surface area contributed by atoms with Crippen LogP contribution in [-0.2, 0) is 17.8 Å². The molecule has 7 nitrogen and oxygen atoms in total. The number of benzene rings is 1. The van der Waals surface area contributed by atoms with Crippen LogP contribution in [0.25, 0.3) is 11.4 Å². The van der Waals surface area contributed by atoms with Crippen LogP contribution in [0.1, 0.15) is 21.5 Å². The van der Waals surface area contributed by atoms with E-state index < -0.39 is 6.04 Å². The van der Waals surface area contributed by atoms with Gasteiger partial charge in [0.05, 0.1) is 11.4 Å². The van der Waals surface area contributed by atoms with E-state index in [0.717, 1.165) is 22.5 Å². The second-order valence-corrected chi connectivity index (χ2v) is 7.44. The van der Waals surface area contributed by atoms with Crippen LogP contribution < -0.4 is 10.6 Å². The molecule has 0 saturated carbocycles. The zero-order chi connectivity index (χ0) is 22.9. The molecule has 7 heteroatoms. The number of pyridine rings is 3. The normalized spacial score (nSPS) is 11.4. The standard InChI is InChI=1S/C26H23N5O2/c32-25(21-6-2-1-3-7-21)31-24(16-19-11-14-27-15-12-19)26(33)30-18-20-9-10-23(29-17-20)22-8-4-5-13-28-22/h1-15,17,24H,16,18H2,(H,30,33)(H,31,32)/t24-/m0/s1. The summed E-state index contributed by atoms with van der Waals surface area (Å²) in [5.74, 6) is -0.573. The first kappa shape index (κ1) is 21.8. The molecule has 0 aliphatic carbocycles. The van der Waals surface area contributed by atoms with E-state index in [1.165, 1.54) is 0 Å². The van der Waals surface area contributed by atoms with Gasteiger partial charge in [-0.3, -0.25) is 24.5 Å². The van der Waals surface area contributed by atoms with Crippen LogP contribution in [0.3, 0.4) is 0 Å². The van der Waals surface area contributed by atoms with E-state index in [1.807, 2.05) is 48.5 Å². The third kappa shape index (κ3) is 6.07. The Balaban J connectivity index is 1.42. The molecule has 1 aromatic carbocycles. The molecule has 4 aromatic rings. The Kier molecular flexibility index (Phi) is 7.12. The van der Waals surface area contributed by atoms with Crippen molar-refractivity contribution in [3.8, 4) is 11.4 Å². The van der Waals surface area contributed by atoms with Gasteiger partial charge in [0.2, 0.25) is 5.91 Å². The van der Waals surface area contributed by atoms with Crippen molar-refractivity contribution in [2.75, 3.05) is 0 Å². The second kappa shape index (κ2) is 10.8. The van der Waals surface area contributed by atoms with E-state index in [4.69, 9.17) is 0 Å². The molecule has 2 amide bonds. The third-order valence-corrected chi connectivity index (χ3v) is 5.07. The summed E-state index contributed by atoms with van der Waals surface area (Å²) in [5, 5.41) is 5.76. The molecule has 0 unspecified atom stereocenters. The van der Waals surface area contributed by atoms with Crippen LogP contribution >= 0.6 is 0 Å². The van der Waals surface area contributed by atoms with Crippen molar-refractivity contribution >= 4 is 11.8 Å². The highest BCUT2D eigenvalue weighted by molar-refractivity contribution is 5.97. The number of carbonyl (C=O) groups excluding carboxylic acids is 2. The molecule has 0 fully saturated rings. The first-order chi connectivity index (χ1) is 16.2. The molecule has 1 atom stereocenters. The van der Waals surface area contributed by atoms with E-state index in [1.54, 1.807) is 49.1 Å². The molecule has 3 heterocycles. The van der Waals surface area contributed by atoms with Gasteiger partial charge in [-0.25, -0.2) is 0 Å². The van der Waals surface area contributed by atoms with Crippen LogP contribution in [0.5, 0.6) is 0 Å². The van der Waals surface area contributed by atoms with Crippen molar-refractivity contribution in [1.82, 2.24) is 25.6 Å². The van der Waals surface area contributed by atoms with Crippen molar-refractivity contribution < 1.29 is 9.59 Å². The minimum atomic E-state index is -0.735. The summed E-state index contributed by atoms with van der Waals surface area (Å²) in [5.41, 5.74) is 3.80. The lowest BCUT2D eigenvalue weighted by molar-refractivity contribution is -0.123. The molecule has 0 aliphatic heterocycles. The Morgan fingerprint density at radius 1 is 0.758 bits per heavy atom. The van der Waals surface area contributed by atoms with E-state index in [9.17, 15) is 9.59 Å².